The van der Waals surface area contributed by atoms with Crippen LogP contribution in [0, 0.1) is 5.82 Å². The van der Waals surface area contributed by atoms with Crippen molar-refractivity contribution in [3.8, 4) is 0 Å². The lowest BCUT2D eigenvalue weighted by molar-refractivity contribution is -0.157. The van der Waals surface area contributed by atoms with Crippen LogP contribution < -0.4 is 0 Å². The molecule has 1 fully saturated rings. The molecule has 1 aliphatic heterocycles. The second kappa shape index (κ2) is 5.79. The molecule has 134 valence electrons. The van der Waals surface area contributed by atoms with E-state index in [-0.39, 0.29) is 12.0 Å². The van der Waals surface area contributed by atoms with Gasteiger partial charge in [0.15, 0.2) is 0 Å². The summed E-state index contributed by atoms with van der Waals surface area (Å²) in [4.78, 5) is 37.7. The topological polar surface area (TPSA) is 72.9 Å². The molecule has 1 aromatic carbocycles. The molecule has 3 rings (SSSR count). The average Bonchev–Trinajstić information content (AvgIpc) is 2.91. The molecule has 2 aliphatic rings. The zero-order valence-electron chi connectivity index (χ0n) is 14.0. The van der Waals surface area contributed by atoms with Crippen LogP contribution in [0.3, 0.4) is 0 Å². The number of carbonyl (C=O) groups excluding carboxylic acids is 3. The third kappa shape index (κ3) is 3.03. The van der Waals surface area contributed by atoms with Crippen molar-refractivity contribution in [1.29, 1.82) is 0 Å². The van der Waals surface area contributed by atoms with Gasteiger partial charge in [0.05, 0.1) is 0 Å². The van der Waals surface area contributed by atoms with Crippen LogP contribution in [0.25, 0.3) is 0 Å². The number of carbonyl (C=O) groups is 3. The molecule has 1 heterocycles. The summed E-state index contributed by atoms with van der Waals surface area (Å²) in [7, 11) is 0. The van der Waals surface area contributed by atoms with Crippen molar-refractivity contribution >= 4 is 33.9 Å². The van der Waals surface area contributed by atoms with Gasteiger partial charge in [0.25, 0.3) is 5.91 Å². The molecule has 1 atom stereocenters. The van der Waals surface area contributed by atoms with Crippen molar-refractivity contribution in [3.63, 3.8) is 0 Å². The second-order valence-corrected chi connectivity index (χ2v) is 8.01. The maximum absolute atomic E-state index is 14.5. The molecule has 8 heteroatoms. The van der Waals surface area contributed by atoms with Crippen LogP contribution in [-0.4, -0.2) is 35.0 Å². The Hall–Kier alpha value is -1.96. The van der Waals surface area contributed by atoms with Gasteiger partial charge in [-0.1, -0.05) is 15.9 Å². The number of halogens is 2. The number of imide groups is 1. The van der Waals surface area contributed by atoms with Gasteiger partial charge in [-0.25, -0.2) is 14.1 Å². The molecular weight excluding hydrogens is 397 g/mol. The molecule has 0 N–H and O–H groups in total. The Morgan fingerprint density at radius 3 is 2.72 bits per heavy atom. The van der Waals surface area contributed by atoms with Gasteiger partial charge in [0.1, 0.15) is 18.0 Å². The summed E-state index contributed by atoms with van der Waals surface area (Å²) in [5.74, 6) is -2.09. The molecule has 0 bridgehead atoms. The van der Waals surface area contributed by atoms with Crippen LogP contribution >= 0.6 is 15.9 Å². The summed E-state index contributed by atoms with van der Waals surface area (Å²) >= 11 is 3.21. The highest BCUT2D eigenvalue weighted by Crippen LogP contribution is 2.47. The third-order valence-electron chi connectivity index (χ3n) is 4.07. The Kier molecular flexibility index (Phi) is 4.14. The van der Waals surface area contributed by atoms with Gasteiger partial charge in [0, 0.05) is 16.5 Å². The Morgan fingerprint density at radius 2 is 2.08 bits per heavy atom. The van der Waals surface area contributed by atoms with Gasteiger partial charge < -0.3 is 9.47 Å². The van der Waals surface area contributed by atoms with Crippen molar-refractivity contribution in [2.75, 3.05) is 6.54 Å². The SMILES string of the molecule is CC(C)(C)OC(=O)CN1C(=O)OC2(CCc3cc(Br)cc(F)c32)C1=O. The van der Waals surface area contributed by atoms with Gasteiger partial charge in [-0.3, -0.25) is 9.59 Å². The highest BCUT2D eigenvalue weighted by molar-refractivity contribution is 9.10. The Balaban J connectivity index is 1.90. The molecular formula is C17H17BrFNO5. The summed E-state index contributed by atoms with van der Waals surface area (Å²) in [6, 6.07) is 2.92. The fraction of sp³-hybridized carbons (Fsp3) is 0.471. The van der Waals surface area contributed by atoms with E-state index in [9.17, 15) is 18.8 Å². The van der Waals surface area contributed by atoms with Crippen molar-refractivity contribution in [3.05, 3.63) is 33.5 Å². The minimum atomic E-state index is -1.70. The zero-order chi connectivity index (χ0) is 18.6. The summed E-state index contributed by atoms with van der Waals surface area (Å²) in [5.41, 5.74) is -1.77. The van der Waals surface area contributed by atoms with E-state index in [0.29, 0.717) is 21.4 Å². The van der Waals surface area contributed by atoms with Gasteiger partial charge >= 0.3 is 12.1 Å². The molecule has 2 amide bonds. The van der Waals surface area contributed by atoms with Crippen LogP contribution in [-0.2, 0) is 31.1 Å². The first-order valence-corrected chi connectivity index (χ1v) is 8.58. The van der Waals surface area contributed by atoms with E-state index in [0.717, 1.165) is 0 Å². The lowest BCUT2D eigenvalue weighted by atomic mass is 9.94. The highest BCUT2D eigenvalue weighted by Gasteiger charge is 2.59. The van der Waals surface area contributed by atoms with E-state index < -0.39 is 41.5 Å². The molecule has 25 heavy (non-hydrogen) atoms. The molecule has 1 saturated heterocycles. The fourth-order valence-corrected chi connectivity index (χ4v) is 3.69. The summed E-state index contributed by atoms with van der Waals surface area (Å²) < 4.78 is 25.4. The van der Waals surface area contributed by atoms with E-state index in [1.54, 1.807) is 26.8 Å². The number of hydrogen-bond donors (Lipinski definition) is 0. The van der Waals surface area contributed by atoms with Crippen molar-refractivity contribution in [1.82, 2.24) is 4.90 Å². The number of hydrogen-bond acceptors (Lipinski definition) is 5. The number of amides is 2. The van der Waals surface area contributed by atoms with Gasteiger partial charge in [-0.05, 0) is 44.9 Å². The quantitative estimate of drug-likeness (QED) is 0.696. The molecule has 0 saturated carbocycles. The predicted molar refractivity (Wildman–Crippen MR) is 88.1 cm³/mol. The summed E-state index contributed by atoms with van der Waals surface area (Å²) in [6.45, 7) is 4.47. The maximum atomic E-state index is 14.5. The van der Waals surface area contributed by atoms with Crippen LogP contribution in [0.2, 0.25) is 0 Å². The Morgan fingerprint density at radius 1 is 1.40 bits per heavy atom. The van der Waals surface area contributed by atoms with E-state index in [1.807, 2.05) is 0 Å². The van der Waals surface area contributed by atoms with Crippen molar-refractivity contribution in [2.24, 2.45) is 0 Å². The minimum Gasteiger partial charge on any atom is -0.459 e. The molecule has 0 aromatic heterocycles. The number of nitrogens with zero attached hydrogens (tertiary/aromatic N) is 1. The standard InChI is InChI=1S/C17H17BrFNO5/c1-16(2,3)24-12(21)8-20-14(22)17(25-15(20)23)5-4-9-6-10(18)7-11(19)13(9)17/h6-7H,4-5,8H2,1-3H3. The molecule has 0 radical (unpaired) electrons. The van der Waals surface area contributed by atoms with E-state index in [1.165, 1.54) is 6.07 Å². The van der Waals surface area contributed by atoms with Gasteiger partial charge in [0.2, 0.25) is 5.60 Å². The smallest absolute Gasteiger partial charge is 0.418 e. The summed E-state index contributed by atoms with van der Waals surface area (Å²) in [6.07, 6.45) is -0.429. The number of benzene rings is 1. The minimum absolute atomic E-state index is 0.0701. The fourth-order valence-electron chi connectivity index (χ4n) is 3.22. The van der Waals surface area contributed by atoms with Crippen LogP contribution in [0.15, 0.2) is 16.6 Å². The lowest BCUT2D eigenvalue weighted by Gasteiger charge is -2.22. The van der Waals surface area contributed by atoms with Crippen molar-refractivity contribution in [2.45, 2.75) is 44.8 Å². The van der Waals surface area contributed by atoms with Gasteiger partial charge in [-0.2, -0.15) is 0 Å². The number of aryl methyl sites for hydroxylation is 1. The Bertz CT molecular complexity index is 788. The molecule has 6 nitrogen and oxygen atoms in total. The largest absolute Gasteiger partial charge is 0.459 e. The van der Waals surface area contributed by atoms with E-state index in [2.05, 4.69) is 15.9 Å². The number of rotatable bonds is 2. The first kappa shape index (κ1) is 17.8. The normalized spacial score (nSPS) is 22.4. The van der Waals surface area contributed by atoms with Crippen LogP contribution in [0.5, 0.6) is 0 Å². The first-order chi connectivity index (χ1) is 11.5. The average molecular weight is 414 g/mol. The second-order valence-electron chi connectivity index (χ2n) is 7.09. The zero-order valence-corrected chi connectivity index (χ0v) is 15.6. The lowest BCUT2D eigenvalue weighted by Crippen LogP contribution is -2.41. The third-order valence-corrected chi connectivity index (χ3v) is 4.52. The summed E-state index contributed by atoms with van der Waals surface area (Å²) in [5, 5.41) is 0. The predicted octanol–water partition coefficient (Wildman–Crippen LogP) is 3.05. The van der Waals surface area contributed by atoms with Gasteiger partial charge in [-0.15, -0.1) is 0 Å². The van der Waals surface area contributed by atoms with E-state index in [4.69, 9.17) is 9.47 Å². The highest BCUT2D eigenvalue weighted by atomic mass is 79.9. The Labute approximate surface area is 152 Å². The van der Waals surface area contributed by atoms with Crippen molar-refractivity contribution < 1.29 is 28.2 Å². The number of ether oxygens (including phenoxy) is 2. The number of fused-ring (bicyclic) bond motifs is 2. The number of esters is 1. The first-order valence-electron chi connectivity index (χ1n) is 7.79. The molecule has 1 aromatic rings. The monoisotopic (exact) mass is 413 g/mol. The molecule has 1 spiro atoms. The maximum Gasteiger partial charge on any atom is 0.418 e. The van der Waals surface area contributed by atoms with Crippen LogP contribution in [0.4, 0.5) is 9.18 Å². The molecule has 1 unspecified atom stereocenters. The van der Waals surface area contributed by atoms with E-state index >= 15 is 0 Å². The van der Waals surface area contributed by atoms with Crippen LogP contribution in [0.1, 0.15) is 38.3 Å². The molecule has 1 aliphatic carbocycles.